The summed E-state index contributed by atoms with van der Waals surface area (Å²) in [4.78, 5) is 14.4. The highest BCUT2D eigenvalue weighted by molar-refractivity contribution is 6.30. The summed E-state index contributed by atoms with van der Waals surface area (Å²) in [5, 5.41) is 0.239. The van der Waals surface area contributed by atoms with Crippen molar-refractivity contribution >= 4 is 11.6 Å². The van der Waals surface area contributed by atoms with Crippen molar-refractivity contribution in [3.8, 4) is 16.9 Å². The van der Waals surface area contributed by atoms with Gasteiger partial charge in [-0.3, -0.25) is 4.79 Å². The molecule has 0 radical (unpaired) electrons. The number of aryl methyl sites for hydroxylation is 1. The van der Waals surface area contributed by atoms with Crippen LogP contribution in [0.1, 0.15) is 32.1 Å². The lowest BCUT2D eigenvalue weighted by molar-refractivity contribution is 0.0493. The van der Waals surface area contributed by atoms with Gasteiger partial charge in [0.15, 0.2) is 0 Å². The molecule has 0 unspecified atom stereocenters. The Hall–Kier alpha value is -1.78. The zero-order chi connectivity index (χ0) is 18.1. The summed E-state index contributed by atoms with van der Waals surface area (Å²) in [6, 6.07) is 10.6. The molecule has 4 nitrogen and oxygen atoms in total. The number of halogens is 1. The Labute approximate surface area is 159 Å². The van der Waals surface area contributed by atoms with Crippen LogP contribution >= 0.6 is 11.6 Å². The normalized spacial score (nSPS) is 19.3. The number of likely N-dealkylation sites (tertiary alicyclic amines) is 1. The number of benzene rings is 1. The van der Waals surface area contributed by atoms with Crippen molar-refractivity contribution < 1.29 is 4.74 Å². The lowest BCUT2D eigenvalue weighted by atomic mass is 9.90. The van der Waals surface area contributed by atoms with Crippen LogP contribution in [0.4, 0.5) is 0 Å². The fourth-order valence-corrected chi connectivity index (χ4v) is 4.11. The van der Waals surface area contributed by atoms with E-state index >= 15 is 0 Å². The second-order valence-electron chi connectivity index (χ2n) is 7.46. The third kappa shape index (κ3) is 3.67. The van der Waals surface area contributed by atoms with Gasteiger partial charge in [-0.25, -0.2) is 0 Å². The van der Waals surface area contributed by atoms with E-state index in [1.54, 1.807) is 19.3 Å². The summed E-state index contributed by atoms with van der Waals surface area (Å²) in [6.07, 6.45) is 8.48. The third-order valence-electron chi connectivity index (χ3n) is 5.70. The van der Waals surface area contributed by atoms with Crippen molar-refractivity contribution in [1.82, 2.24) is 9.47 Å². The molecule has 2 heterocycles. The van der Waals surface area contributed by atoms with Crippen LogP contribution in [-0.4, -0.2) is 34.7 Å². The van der Waals surface area contributed by atoms with Gasteiger partial charge in [0.25, 0.3) is 5.56 Å². The molecule has 2 fully saturated rings. The van der Waals surface area contributed by atoms with Gasteiger partial charge >= 0.3 is 0 Å². The number of ether oxygens (including phenoxy) is 1. The van der Waals surface area contributed by atoms with Crippen molar-refractivity contribution in [2.75, 3.05) is 13.1 Å². The Morgan fingerprint density at radius 2 is 1.73 bits per heavy atom. The van der Waals surface area contributed by atoms with E-state index < -0.39 is 0 Å². The fourth-order valence-electron chi connectivity index (χ4n) is 3.86. The van der Waals surface area contributed by atoms with Crippen LogP contribution in [0.2, 0.25) is 5.02 Å². The molecular formula is C21H25ClN2O2. The molecule has 0 atom stereocenters. The second kappa shape index (κ2) is 7.45. The Bertz CT molecular complexity index is 793. The van der Waals surface area contributed by atoms with E-state index in [-0.39, 0.29) is 10.6 Å². The molecule has 0 spiro atoms. The lowest BCUT2D eigenvalue weighted by Gasteiger charge is -2.41. The van der Waals surface area contributed by atoms with Crippen molar-refractivity contribution in [2.24, 2.45) is 7.05 Å². The van der Waals surface area contributed by atoms with Crippen LogP contribution in [0, 0.1) is 0 Å². The average molecular weight is 373 g/mol. The quantitative estimate of drug-likeness (QED) is 0.810. The molecule has 0 N–H and O–H groups in total. The molecule has 2 aliphatic rings. The summed E-state index contributed by atoms with van der Waals surface area (Å²) in [5.41, 5.74) is 1.77. The number of piperidine rings is 1. The van der Waals surface area contributed by atoms with Crippen LogP contribution in [0.15, 0.2) is 41.3 Å². The molecule has 1 aromatic carbocycles. The molecule has 2 aromatic rings. The largest absolute Gasteiger partial charge is 0.490 e. The standard InChI is InChI=1S/C21H25ClN2O2/c1-23-14-16(13-20(22)21(23)25)15-5-7-18(8-6-15)26-19-9-11-24(12-10-19)17-3-2-4-17/h5-8,13-14,17,19H,2-4,9-12H2,1H3. The molecule has 1 saturated heterocycles. The van der Waals surface area contributed by atoms with Gasteiger partial charge < -0.3 is 14.2 Å². The molecule has 26 heavy (non-hydrogen) atoms. The van der Waals surface area contributed by atoms with Crippen molar-refractivity contribution in [1.29, 1.82) is 0 Å². The van der Waals surface area contributed by atoms with Gasteiger partial charge in [-0.15, -0.1) is 0 Å². The van der Waals surface area contributed by atoms with Crippen LogP contribution in [-0.2, 0) is 7.05 Å². The summed E-state index contributed by atoms with van der Waals surface area (Å²) in [5.74, 6) is 0.909. The van der Waals surface area contributed by atoms with Crippen LogP contribution in [0.25, 0.3) is 11.1 Å². The SMILES string of the molecule is Cn1cc(-c2ccc(OC3CCN(C4CCC4)CC3)cc2)cc(Cl)c1=O. The van der Waals surface area contributed by atoms with Crippen LogP contribution in [0.5, 0.6) is 5.75 Å². The van der Waals surface area contributed by atoms with Crippen LogP contribution < -0.4 is 10.3 Å². The van der Waals surface area contributed by atoms with E-state index in [4.69, 9.17) is 16.3 Å². The number of hydrogen-bond acceptors (Lipinski definition) is 3. The minimum absolute atomic E-state index is 0.177. The predicted octanol–water partition coefficient (Wildman–Crippen LogP) is 4.10. The van der Waals surface area contributed by atoms with Gasteiger partial charge in [-0.2, -0.15) is 0 Å². The number of pyridine rings is 1. The van der Waals surface area contributed by atoms with Crippen LogP contribution in [0.3, 0.4) is 0 Å². The maximum atomic E-state index is 11.7. The zero-order valence-electron chi connectivity index (χ0n) is 15.2. The number of hydrogen-bond donors (Lipinski definition) is 0. The summed E-state index contributed by atoms with van der Waals surface area (Å²) >= 11 is 6.02. The minimum atomic E-state index is -0.177. The minimum Gasteiger partial charge on any atom is -0.490 e. The van der Waals surface area contributed by atoms with E-state index in [1.165, 1.54) is 23.8 Å². The summed E-state index contributed by atoms with van der Waals surface area (Å²) in [7, 11) is 1.71. The first-order valence-corrected chi connectivity index (χ1v) is 9.85. The number of rotatable bonds is 4. The first-order chi connectivity index (χ1) is 12.6. The van der Waals surface area contributed by atoms with E-state index in [0.717, 1.165) is 48.8 Å². The Morgan fingerprint density at radius 1 is 1.04 bits per heavy atom. The maximum absolute atomic E-state index is 11.7. The molecule has 4 rings (SSSR count). The Balaban J connectivity index is 1.38. The van der Waals surface area contributed by atoms with Gasteiger partial charge in [-0.05, 0) is 55.0 Å². The Kier molecular flexibility index (Phi) is 5.05. The lowest BCUT2D eigenvalue weighted by Crippen LogP contribution is -2.46. The topological polar surface area (TPSA) is 34.5 Å². The average Bonchev–Trinajstić information content (AvgIpc) is 2.60. The van der Waals surface area contributed by atoms with E-state index in [2.05, 4.69) is 4.90 Å². The first-order valence-electron chi connectivity index (χ1n) is 9.47. The third-order valence-corrected chi connectivity index (χ3v) is 5.97. The van der Waals surface area contributed by atoms with Gasteiger partial charge in [-0.1, -0.05) is 30.2 Å². The summed E-state index contributed by atoms with van der Waals surface area (Å²) < 4.78 is 7.70. The molecule has 0 bridgehead atoms. The van der Waals surface area contributed by atoms with Gasteiger partial charge in [0.05, 0.1) is 0 Å². The van der Waals surface area contributed by atoms with Crippen molar-refractivity contribution in [2.45, 2.75) is 44.2 Å². The highest BCUT2D eigenvalue weighted by atomic mass is 35.5. The zero-order valence-corrected chi connectivity index (χ0v) is 15.9. The van der Waals surface area contributed by atoms with Gasteiger partial charge in [0.2, 0.25) is 0 Å². The molecule has 138 valence electrons. The van der Waals surface area contributed by atoms with E-state index in [9.17, 15) is 4.79 Å². The van der Waals surface area contributed by atoms with E-state index in [1.807, 2.05) is 24.3 Å². The fraction of sp³-hybridized carbons (Fsp3) is 0.476. The highest BCUT2D eigenvalue weighted by Crippen LogP contribution is 2.29. The predicted molar refractivity (Wildman–Crippen MR) is 105 cm³/mol. The molecular weight excluding hydrogens is 348 g/mol. The van der Waals surface area contributed by atoms with Gasteiger partial charge in [0.1, 0.15) is 16.9 Å². The maximum Gasteiger partial charge on any atom is 0.269 e. The number of aromatic nitrogens is 1. The molecule has 0 amide bonds. The monoisotopic (exact) mass is 372 g/mol. The van der Waals surface area contributed by atoms with Crippen molar-refractivity contribution in [3.05, 3.63) is 51.9 Å². The molecule has 5 heteroatoms. The van der Waals surface area contributed by atoms with Gasteiger partial charge in [0, 0.05) is 32.4 Å². The molecule has 1 aliphatic carbocycles. The molecule has 1 saturated carbocycles. The molecule has 1 aliphatic heterocycles. The van der Waals surface area contributed by atoms with Crippen molar-refractivity contribution in [3.63, 3.8) is 0 Å². The Morgan fingerprint density at radius 3 is 2.31 bits per heavy atom. The molecule has 1 aromatic heterocycles. The first kappa shape index (κ1) is 17.6. The summed E-state index contributed by atoms with van der Waals surface area (Å²) in [6.45, 7) is 2.31. The smallest absolute Gasteiger partial charge is 0.269 e. The highest BCUT2D eigenvalue weighted by Gasteiger charge is 2.29. The second-order valence-corrected chi connectivity index (χ2v) is 7.86. The van der Waals surface area contributed by atoms with E-state index in [0.29, 0.717) is 6.10 Å². The number of nitrogens with zero attached hydrogens (tertiary/aromatic N) is 2.